The molecule has 0 saturated carbocycles. The number of benzene rings is 1. The van der Waals surface area contributed by atoms with Crippen LogP contribution < -0.4 is 5.32 Å². The van der Waals surface area contributed by atoms with Crippen LogP contribution in [0.3, 0.4) is 0 Å². The van der Waals surface area contributed by atoms with Crippen molar-refractivity contribution < 1.29 is 4.39 Å². The molecule has 1 N–H and O–H groups in total. The largest absolute Gasteiger partial charge is 0.370 e. The van der Waals surface area contributed by atoms with Crippen molar-refractivity contribution in [2.75, 3.05) is 11.9 Å². The molecule has 0 radical (unpaired) electrons. The Balaban J connectivity index is 2.67. The number of nitrogens with one attached hydrogen (secondary N) is 1. The summed E-state index contributed by atoms with van der Waals surface area (Å²) >= 11 is 6.07. The van der Waals surface area contributed by atoms with Gasteiger partial charge in [-0.3, -0.25) is 0 Å². The third kappa shape index (κ3) is 2.41. The van der Waals surface area contributed by atoms with Gasteiger partial charge in [0.25, 0.3) is 0 Å². The zero-order valence-electron chi connectivity index (χ0n) is 10.6. The van der Waals surface area contributed by atoms with Crippen LogP contribution in [0.15, 0.2) is 18.2 Å². The second-order valence-corrected chi connectivity index (χ2v) is 4.61. The summed E-state index contributed by atoms with van der Waals surface area (Å²) in [4.78, 5) is 4.46. The molecule has 4 heteroatoms. The summed E-state index contributed by atoms with van der Waals surface area (Å²) in [6, 6.07) is 4.78. The molecule has 0 aliphatic rings. The molecule has 1 heterocycles. The molecule has 0 fully saturated rings. The van der Waals surface area contributed by atoms with Gasteiger partial charge >= 0.3 is 0 Å². The maximum Gasteiger partial charge on any atom is 0.132 e. The molecule has 2 aromatic rings. The highest BCUT2D eigenvalue weighted by molar-refractivity contribution is 6.35. The van der Waals surface area contributed by atoms with Gasteiger partial charge < -0.3 is 5.32 Å². The van der Waals surface area contributed by atoms with Crippen LogP contribution in [0.25, 0.3) is 10.9 Å². The quantitative estimate of drug-likeness (QED) is 0.887. The van der Waals surface area contributed by atoms with E-state index in [4.69, 9.17) is 11.6 Å². The molecule has 2 rings (SSSR count). The first-order valence-corrected chi connectivity index (χ1v) is 6.56. The topological polar surface area (TPSA) is 24.9 Å². The van der Waals surface area contributed by atoms with Crippen molar-refractivity contribution in [2.45, 2.75) is 26.7 Å². The number of fused-ring (bicyclic) bond motifs is 1. The molecule has 2 nitrogen and oxygen atoms in total. The molecule has 0 saturated heterocycles. The third-order valence-corrected chi connectivity index (χ3v) is 3.13. The average molecular weight is 267 g/mol. The van der Waals surface area contributed by atoms with E-state index in [1.165, 1.54) is 6.07 Å². The Kier molecular flexibility index (Phi) is 4.02. The van der Waals surface area contributed by atoms with E-state index in [-0.39, 0.29) is 5.82 Å². The van der Waals surface area contributed by atoms with Gasteiger partial charge in [-0.25, -0.2) is 9.37 Å². The highest BCUT2D eigenvalue weighted by Gasteiger charge is 2.11. The second kappa shape index (κ2) is 5.53. The Morgan fingerprint density at radius 3 is 2.78 bits per heavy atom. The Hall–Kier alpha value is -1.35. The maximum absolute atomic E-state index is 13.8. The van der Waals surface area contributed by atoms with Gasteiger partial charge in [0.1, 0.15) is 11.6 Å². The molecular formula is C14H16ClFN2. The van der Waals surface area contributed by atoms with Crippen molar-refractivity contribution in [1.29, 1.82) is 0 Å². The van der Waals surface area contributed by atoms with Crippen molar-refractivity contribution in [3.05, 3.63) is 34.6 Å². The summed E-state index contributed by atoms with van der Waals surface area (Å²) in [5, 5.41) is 4.18. The van der Waals surface area contributed by atoms with Crippen LogP contribution in [-0.4, -0.2) is 11.5 Å². The monoisotopic (exact) mass is 266 g/mol. The lowest BCUT2D eigenvalue weighted by molar-refractivity contribution is 0.639. The van der Waals surface area contributed by atoms with Crippen molar-refractivity contribution in [3.8, 4) is 0 Å². The Morgan fingerprint density at radius 1 is 1.33 bits per heavy atom. The number of hydrogen-bond acceptors (Lipinski definition) is 2. The molecule has 1 aromatic carbocycles. The molecule has 18 heavy (non-hydrogen) atoms. The molecule has 0 aliphatic heterocycles. The molecule has 0 bridgehead atoms. The Labute approximate surface area is 111 Å². The highest BCUT2D eigenvalue weighted by atomic mass is 35.5. The molecule has 0 atom stereocenters. The number of pyridine rings is 1. The van der Waals surface area contributed by atoms with Crippen LogP contribution >= 0.6 is 11.6 Å². The predicted octanol–water partition coefficient (Wildman–Crippen LogP) is 4.41. The fourth-order valence-electron chi connectivity index (χ4n) is 2.01. The molecule has 0 unspecified atom stereocenters. The van der Waals surface area contributed by atoms with Crippen molar-refractivity contribution in [1.82, 2.24) is 4.98 Å². The first kappa shape index (κ1) is 13.1. The summed E-state index contributed by atoms with van der Waals surface area (Å²) in [6.45, 7) is 4.88. The minimum absolute atomic E-state index is 0.276. The lowest BCUT2D eigenvalue weighted by atomic mass is 10.1. The molecule has 0 amide bonds. The lowest BCUT2D eigenvalue weighted by Crippen LogP contribution is -2.04. The van der Waals surface area contributed by atoms with Crippen LogP contribution in [0.1, 0.15) is 25.8 Å². The van der Waals surface area contributed by atoms with E-state index in [1.807, 2.05) is 13.0 Å². The van der Waals surface area contributed by atoms with Crippen molar-refractivity contribution in [2.24, 2.45) is 0 Å². The summed E-state index contributed by atoms with van der Waals surface area (Å²) in [5.41, 5.74) is 1.56. The van der Waals surface area contributed by atoms with Crippen molar-refractivity contribution in [3.63, 3.8) is 0 Å². The van der Waals surface area contributed by atoms with Crippen LogP contribution in [0.5, 0.6) is 0 Å². The highest BCUT2D eigenvalue weighted by Crippen LogP contribution is 2.28. The van der Waals surface area contributed by atoms with Gasteiger partial charge in [0.2, 0.25) is 0 Å². The Morgan fingerprint density at radius 2 is 2.11 bits per heavy atom. The molecule has 1 aromatic heterocycles. The first-order chi connectivity index (χ1) is 8.67. The number of aryl methyl sites for hydroxylation is 1. The first-order valence-electron chi connectivity index (χ1n) is 6.18. The van der Waals surface area contributed by atoms with Gasteiger partial charge in [-0.1, -0.05) is 24.9 Å². The summed E-state index contributed by atoms with van der Waals surface area (Å²) in [5.74, 6) is 0.529. The number of anilines is 1. The van der Waals surface area contributed by atoms with Gasteiger partial charge in [-0.05, 0) is 37.1 Å². The van der Waals surface area contributed by atoms with Crippen LogP contribution in [0, 0.1) is 5.82 Å². The number of nitrogens with zero attached hydrogens (tertiary/aromatic N) is 1. The minimum atomic E-state index is -0.276. The molecular weight excluding hydrogens is 251 g/mol. The SMILES string of the molecule is CCCc1cc2c(F)ccc(Cl)c2nc1NCC. The molecule has 0 spiro atoms. The summed E-state index contributed by atoms with van der Waals surface area (Å²) in [6.07, 6.45) is 1.87. The smallest absolute Gasteiger partial charge is 0.132 e. The van der Waals surface area contributed by atoms with E-state index in [9.17, 15) is 4.39 Å². The number of aromatic nitrogens is 1. The number of rotatable bonds is 4. The minimum Gasteiger partial charge on any atom is -0.370 e. The fourth-order valence-corrected chi connectivity index (χ4v) is 2.22. The van der Waals surface area contributed by atoms with E-state index in [1.54, 1.807) is 6.07 Å². The van der Waals surface area contributed by atoms with Gasteiger partial charge in [0.15, 0.2) is 0 Å². The predicted molar refractivity (Wildman–Crippen MR) is 74.9 cm³/mol. The fraction of sp³-hybridized carbons (Fsp3) is 0.357. The van der Waals surface area contributed by atoms with Crippen LogP contribution in [-0.2, 0) is 6.42 Å². The van der Waals surface area contributed by atoms with Crippen LogP contribution in [0.2, 0.25) is 5.02 Å². The lowest BCUT2D eigenvalue weighted by Gasteiger charge is -2.12. The van der Waals surface area contributed by atoms with E-state index < -0.39 is 0 Å². The van der Waals surface area contributed by atoms with E-state index in [0.29, 0.717) is 15.9 Å². The van der Waals surface area contributed by atoms with E-state index in [0.717, 1.165) is 30.8 Å². The molecule has 0 aliphatic carbocycles. The van der Waals surface area contributed by atoms with Crippen molar-refractivity contribution >= 4 is 28.3 Å². The summed E-state index contributed by atoms with van der Waals surface area (Å²) in [7, 11) is 0. The number of halogens is 2. The van der Waals surface area contributed by atoms with Gasteiger partial charge in [-0.15, -0.1) is 0 Å². The zero-order valence-corrected chi connectivity index (χ0v) is 11.3. The number of hydrogen-bond donors (Lipinski definition) is 1. The maximum atomic E-state index is 13.8. The van der Waals surface area contributed by atoms with Gasteiger partial charge in [0.05, 0.1) is 10.5 Å². The zero-order chi connectivity index (χ0) is 13.1. The standard InChI is InChI=1S/C14H16ClFN2/c1-3-5-9-8-10-12(16)7-6-11(15)13(10)18-14(9)17-4-2/h6-8H,3-5H2,1-2H3,(H,17,18). The average Bonchev–Trinajstić information content (AvgIpc) is 2.36. The third-order valence-electron chi connectivity index (χ3n) is 2.82. The van der Waals surface area contributed by atoms with Gasteiger partial charge in [-0.2, -0.15) is 0 Å². The van der Waals surface area contributed by atoms with E-state index >= 15 is 0 Å². The normalized spacial score (nSPS) is 10.9. The summed E-state index contributed by atoms with van der Waals surface area (Å²) < 4.78 is 13.8. The van der Waals surface area contributed by atoms with Gasteiger partial charge in [0, 0.05) is 11.9 Å². The molecule has 96 valence electrons. The second-order valence-electron chi connectivity index (χ2n) is 4.20. The van der Waals surface area contributed by atoms with Crippen LogP contribution in [0.4, 0.5) is 10.2 Å². The van der Waals surface area contributed by atoms with E-state index in [2.05, 4.69) is 17.2 Å². The Bertz CT molecular complexity index is 519.